The summed E-state index contributed by atoms with van der Waals surface area (Å²) in [5.74, 6) is -0.774. The van der Waals surface area contributed by atoms with Crippen LogP contribution >= 0.6 is 0 Å². The number of hydrogen-bond donors (Lipinski definition) is 1. The van der Waals surface area contributed by atoms with Gasteiger partial charge >= 0.3 is 0 Å². The molecule has 0 atom stereocenters. The van der Waals surface area contributed by atoms with Crippen molar-refractivity contribution >= 4 is 0 Å². The maximum Gasteiger partial charge on any atom is 0.131 e. The van der Waals surface area contributed by atoms with Gasteiger partial charge in [0, 0.05) is 17.7 Å². The number of nitrogens with one attached hydrogen (secondary N) is 1. The Hall–Kier alpha value is -1.74. The molecular formula is C16H17F2N. The van der Waals surface area contributed by atoms with E-state index in [9.17, 15) is 8.78 Å². The van der Waals surface area contributed by atoms with Gasteiger partial charge in [0.05, 0.1) is 0 Å². The number of hydrogen-bond acceptors (Lipinski definition) is 1. The predicted molar refractivity (Wildman–Crippen MR) is 74.0 cm³/mol. The molecule has 0 unspecified atom stereocenters. The molecule has 1 N–H and O–H groups in total. The molecule has 0 amide bonds. The van der Waals surface area contributed by atoms with Gasteiger partial charge in [0.2, 0.25) is 0 Å². The molecule has 19 heavy (non-hydrogen) atoms. The second-order valence-corrected chi connectivity index (χ2v) is 4.78. The zero-order chi connectivity index (χ0) is 14.0. The first kappa shape index (κ1) is 13.7. The van der Waals surface area contributed by atoms with Crippen molar-refractivity contribution in [3.05, 3.63) is 58.7 Å². The van der Waals surface area contributed by atoms with Crippen LogP contribution in [0.4, 0.5) is 8.78 Å². The molecule has 0 spiro atoms. The summed E-state index contributed by atoms with van der Waals surface area (Å²) in [6.07, 6.45) is 0. The summed E-state index contributed by atoms with van der Waals surface area (Å²) in [6, 6.07) is 8.10. The number of benzene rings is 2. The van der Waals surface area contributed by atoms with Gasteiger partial charge < -0.3 is 5.32 Å². The molecule has 0 aliphatic rings. The van der Waals surface area contributed by atoms with E-state index in [1.165, 1.54) is 12.1 Å². The second-order valence-electron chi connectivity index (χ2n) is 4.78. The van der Waals surface area contributed by atoms with Crippen LogP contribution in [0.25, 0.3) is 11.1 Å². The summed E-state index contributed by atoms with van der Waals surface area (Å²) < 4.78 is 28.1. The van der Waals surface area contributed by atoms with Gasteiger partial charge in [-0.25, -0.2) is 8.78 Å². The van der Waals surface area contributed by atoms with E-state index in [1.54, 1.807) is 19.1 Å². The molecular weight excluding hydrogens is 244 g/mol. The molecule has 0 saturated heterocycles. The van der Waals surface area contributed by atoms with Crippen LogP contribution in [0, 0.1) is 25.5 Å². The lowest BCUT2D eigenvalue weighted by Crippen LogP contribution is -2.05. The first-order valence-electron chi connectivity index (χ1n) is 6.23. The van der Waals surface area contributed by atoms with Crippen LogP contribution in [-0.2, 0) is 6.54 Å². The molecule has 2 rings (SSSR count). The normalized spacial score (nSPS) is 10.8. The van der Waals surface area contributed by atoms with E-state index in [2.05, 4.69) is 5.32 Å². The Kier molecular flexibility index (Phi) is 3.96. The highest BCUT2D eigenvalue weighted by Gasteiger charge is 2.14. The molecule has 100 valence electrons. The topological polar surface area (TPSA) is 12.0 Å². The third kappa shape index (κ3) is 2.82. The van der Waals surface area contributed by atoms with Gasteiger partial charge in [-0.15, -0.1) is 0 Å². The quantitative estimate of drug-likeness (QED) is 0.881. The van der Waals surface area contributed by atoms with Crippen molar-refractivity contribution in [2.45, 2.75) is 20.4 Å². The average molecular weight is 261 g/mol. The Morgan fingerprint density at radius 1 is 1.00 bits per heavy atom. The van der Waals surface area contributed by atoms with Gasteiger partial charge in [-0.1, -0.05) is 12.1 Å². The van der Waals surface area contributed by atoms with E-state index in [0.29, 0.717) is 17.7 Å². The summed E-state index contributed by atoms with van der Waals surface area (Å²) in [4.78, 5) is 0. The SMILES string of the molecule is CNCc1ccc(F)c(-c2c(C)cc(C)cc2F)c1. The van der Waals surface area contributed by atoms with E-state index in [-0.39, 0.29) is 5.82 Å². The maximum absolute atomic E-state index is 14.1. The third-order valence-corrected chi connectivity index (χ3v) is 3.11. The Morgan fingerprint density at radius 2 is 1.74 bits per heavy atom. The minimum Gasteiger partial charge on any atom is -0.316 e. The fraction of sp³-hybridized carbons (Fsp3) is 0.250. The Morgan fingerprint density at radius 3 is 2.37 bits per heavy atom. The van der Waals surface area contributed by atoms with Crippen LogP contribution < -0.4 is 5.32 Å². The summed E-state index contributed by atoms with van der Waals surface area (Å²) in [7, 11) is 1.82. The molecule has 3 heteroatoms. The molecule has 0 saturated carbocycles. The number of aryl methyl sites for hydroxylation is 2. The highest BCUT2D eigenvalue weighted by molar-refractivity contribution is 5.69. The van der Waals surface area contributed by atoms with Crippen molar-refractivity contribution in [2.75, 3.05) is 7.05 Å². The fourth-order valence-corrected chi connectivity index (χ4v) is 2.33. The first-order valence-corrected chi connectivity index (χ1v) is 6.23. The van der Waals surface area contributed by atoms with E-state index < -0.39 is 5.82 Å². The van der Waals surface area contributed by atoms with Crippen molar-refractivity contribution in [3.8, 4) is 11.1 Å². The predicted octanol–water partition coefficient (Wildman–Crippen LogP) is 3.97. The van der Waals surface area contributed by atoms with Gasteiger partial charge in [-0.2, -0.15) is 0 Å². The molecule has 0 aliphatic carbocycles. The minimum absolute atomic E-state index is 0.322. The maximum atomic E-state index is 14.1. The number of rotatable bonds is 3. The van der Waals surface area contributed by atoms with Crippen LogP contribution in [0.2, 0.25) is 0 Å². The fourth-order valence-electron chi connectivity index (χ4n) is 2.33. The van der Waals surface area contributed by atoms with Crippen LogP contribution in [0.1, 0.15) is 16.7 Å². The van der Waals surface area contributed by atoms with Crippen LogP contribution in [0.5, 0.6) is 0 Å². The molecule has 0 aromatic heterocycles. The lowest BCUT2D eigenvalue weighted by molar-refractivity contribution is 0.614. The molecule has 2 aromatic carbocycles. The van der Waals surface area contributed by atoms with E-state index in [4.69, 9.17) is 0 Å². The molecule has 2 aromatic rings. The highest BCUT2D eigenvalue weighted by Crippen LogP contribution is 2.30. The summed E-state index contributed by atoms with van der Waals surface area (Å²) in [5, 5.41) is 3.00. The zero-order valence-corrected chi connectivity index (χ0v) is 11.3. The molecule has 0 aliphatic heterocycles. The Bertz CT molecular complexity index is 583. The van der Waals surface area contributed by atoms with Crippen molar-refractivity contribution in [2.24, 2.45) is 0 Å². The monoisotopic (exact) mass is 261 g/mol. The standard InChI is InChI=1S/C16H17F2N/c1-10-6-11(2)16(15(18)7-10)13-8-12(9-19-3)4-5-14(13)17/h4-8,19H,9H2,1-3H3. The van der Waals surface area contributed by atoms with Crippen molar-refractivity contribution in [1.29, 1.82) is 0 Å². The van der Waals surface area contributed by atoms with Crippen LogP contribution in [0.3, 0.4) is 0 Å². The molecule has 0 radical (unpaired) electrons. The Balaban J connectivity index is 2.61. The lowest BCUT2D eigenvalue weighted by Gasteiger charge is -2.12. The Labute approximate surface area is 112 Å². The molecule has 0 bridgehead atoms. The van der Waals surface area contributed by atoms with E-state index in [1.807, 2.05) is 20.0 Å². The van der Waals surface area contributed by atoms with Gasteiger partial charge in [-0.05, 0) is 55.8 Å². The second kappa shape index (κ2) is 5.49. The zero-order valence-electron chi connectivity index (χ0n) is 11.3. The third-order valence-electron chi connectivity index (χ3n) is 3.11. The summed E-state index contributed by atoms with van der Waals surface area (Å²) in [6.45, 7) is 4.25. The minimum atomic E-state index is -0.397. The smallest absolute Gasteiger partial charge is 0.131 e. The van der Waals surface area contributed by atoms with Gasteiger partial charge in [0.1, 0.15) is 11.6 Å². The largest absolute Gasteiger partial charge is 0.316 e. The first-order chi connectivity index (χ1) is 9.02. The lowest BCUT2D eigenvalue weighted by atomic mass is 9.96. The summed E-state index contributed by atoms with van der Waals surface area (Å²) >= 11 is 0. The van der Waals surface area contributed by atoms with Crippen molar-refractivity contribution < 1.29 is 8.78 Å². The van der Waals surface area contributed by atoms with E-state index in [0.717, 1.165) is 16.7 Å². The van der Waals surface area contributed by atoms with Crippen molar-refractivity contribution in [1.82, 2.24) is 5.32 Å². The molecule has 0 heterocycles. The highest BCUT2D eigenvalue weighted by atomic mass is 19.1. The van der Waals surface area contributed by atoms with Crippen molar-refractivity contribution in [3.63, 3.8) is 0 Å². The number of halogens is 2. The van der Waals surface area contributed by atoms with Gasteiger partial charge in [0.25, 0.3) is 0 Å². The average Bonchev–Trinajstić information content (AvgIpc) is 2.32. The van der Waals surface area contributed by atoms with Gasteiger partial charge in [0.15, 0.2) is 0 Å². The van der Waals surface area contributed by atoms with E-state index >= 15 is 0 Å². The van der Waals surface area contributed by atoms with Gasteiger partial charge in [-0.3, -0.25) is 0 Å². The molecule has 0 fully saturated rings. The van der Waals surface area contributed by atoms with Crippen LogP contribution in [-0.4, -0.2) is 7.05 Å². The molecule has 1 nitrogen and oxygen atoms in total. The van der Waals surface area contributed by atoms with Crippen LogP contribution in [0.15, 0.2) is 30.3 Å². The summed E-state index contributed by atoms with van der Waals surface area (Å²) in [5.41, 5.74) is 3.19.